The van der Waals surface area contributed by atoms with Gasteiger partial charge in [-0.25, -0.2) is 13.5 Å². The number of hydrogen-bond donors (Lipinski definition) is 1. The minimum atomic E-state index is -4.45. The molecule has 4 nitrogen and oxygen atoms in total. The monoisotopic (exact) mass is 437 g/mol. The molecule has 0 bridgehead atoms. The summed E-state index contributed by atoms with van der Waals surface area (Å²) in [5.74, 6) is -5.30. The third kappa shape index (κ3) is 5.94. The fraction of sp³-hybridized carbons (Fsp3) is 0.810. The number of carbonyl (C=O) groups is 1. The van der Waals surface area contributed by atoms with Crippen LogP contribution >= 0.6 is 0 Å². The van der Waals surface area contributed by atoms with Gasteiger partial charge in [-0.05, 0) is 34.1 Å². The Bertz CT molecular complexity index is 741. The van der Waals surface area contributed by atoms with Gasteiger partial charge in [0.25, 0.3) is 0 Å². The molecule has 1 saturated carbocycles. The smallest absolute Gasteiger partial charge is 0.311 e. The lowest BCUT2D eigenvalue weighted by molar-refractivity contribution is -0.180. The third-order valence-electron chi connectivity index (χ3n) is 5.58. The number of rotatable bonds is 8. The van der Waals surface area contributed by atoms with E-state index >= 15 is 0 Å². The molecule has 1 unspecified atom stereocenters. The summed E-state index contributed by atoms with van der Waals surface area (Å²) in [4.78, 5) is 12.5. The van der Waals surface area contributed by atoms with Gasteiger partial charge in [-0.15, -0.1) is 0 Å². The summed E-state index contributed by atoms with van der Waals surface area (Å²) >= 11 is 0. The van der Waals surface area contributed by atoms with Crippen molar-refractivity contribution in [2.75, 3.05) is 5.32 Å². The average molecular weight is 437 g/mol. The van der Waals surface area contributed by atoms with Crippen LogP contribution in [0.4, 0.5) is 27.8 Å². The van der Waals surface area contributed by atoms with Crippen LogP contribution in [0.2, 0.25) is 0 Å². The first-order chi connectivity index (χ1) is 13.7. The average Bonchev–Trinajstić information content (AvgIpc) is 2.87. The number of amides is 1. The molecule has 2 rings (SSSR count). The molecule has 30 heavy (non-hydrogen) atoms. The molecule has 0 aliphatic heterocycles. The molecule has 1 fully saturated rings. The maximum Gasteiger partial charge on any atom is 0.392 e. The summed E-state index contributed by atoms with van der Waals surface area (Å²) in [6.45, 7) is 9.06. The summed E-state index contributed by atoms with van der Waals surface area (Å²) in [6.07, 6.45) is -3.95. The molecular weight excluding hydrogens is 405 g/mol. The molecule has 0 radical (unpaired) electrons. The Hall–Kier alpha value is -1.67. The number of unbranched alkanes of at least 4 members (excludes halogenated alkanes) is 2. The first-order valence-electron chi connectivity index (χ1n) is 10.5. The minimum absolute atomic E-state index is 0.0926. The fourth-order valence-electron chi connectivity index (χ4n) is 3.82. The van der Waals surface area contributed by atoms with Gasteiger partial charge in [-0.3, -0.25) is 4.79 Å². The predicted octanol–water partition coefficient (Wildman–Crippen LogP) is 6.55. The van der Waals surface area contributed by atoms with Gasteiger partial charge in [0.1, 0.15) is 5.82 Å². The molecule has 1 aromatic heterocycles. The number of carbonyl (C=O) groups excluding carboxylic acids is 1. The molecule has 172 valence electrons. The van der Waals surface area contributed by atoms with Crippen molar-refractivity contribution in [1.82, 2.24) is 9.78 Å². The van der Waals surface area contributed by atoms with E-state index in [1.54, 1.807) is 6.92 Å². The van der Waals surface area contributed by atoms with Crippen LogP contribution in [0, 0.1) is 12.8 Å². The van der Waals surface area contributed by atoms with E-state index in [9.17, 15) is 26.7 Å². The Morgan fingerprint density at radius 1 is 1.23 bits per heavy atom. The molecule has 9 heteroatoms. The number of hydrogen-bond acceptors (Lipinski definition) is 2. The van der Waals surface area contributed by atoms with Crippen molar-refractivity contribution in [2.45, 2.75) is 103 Å². The lowest BCUT2D eigenvalue weighted by Gasteiger charge is -2.34. The summed E-state index contributed by atoms with van der Waals surface area (Å²) in [5.41, 5.74) is 0.428. The van der Waals surface area contributed by atoms with E-state index in [1.807, 2.05) is 27.7 Å². The Morgan fingerprint density at radius 2 is 1.83 bits per heavy atom. The number of alkyl halides is 5. The minimum Gasteiger partial charge on any atom is -0.311 e. The molecule has 0 saturated heterocycles. The van der Waals surface area contributed by atoms with Crippen molar-refractivity contribution in [3.05, 3.63) is 11.3 Å². The topological polar surface area (TPSA) is 46.9 Å². The molecule has 1 aliphatic carbocycles. The van der Waals surface area contributed by atoms with Crippen molar-refractivity contribution >= 4 is 11.7 Å². The SMILES string of the molecule is CCCCCC(CC(=O)Nc1c(C)c(C2CC(F)(F)C2)nn1C(C)(C)C)C(F)(F)F. The van der Waals surface area contributed by atoms with Gasteiger partial charge in [0.15, 0.2) is 0 Å². The van der Waals surface area contributed by atoms with E-state index in [4.69, 9.17) is 0 Å². The van der Waals surface area contributed by atoms with E-state index in [0.29, 0.717) is 24.1 Å². The Balaban J connectivity index is 2.21. The van der Waals surface area contributed by atoms with Crippen molar-refractivity contribution < 1.29 is 26.7 Å². The Morgan fingerprint density at radius 3 is 2.30 bits per heavy atom. The second kappa shape index (κ2) is 8.83. The molecular formula is C21H32F5N3O. The zero-order valence-corrected chi connectivity index (χ0v) is 18.3. The van der Waals surface area contributed by atoms with Gasteiger partial charge in [0, 0.05) is 30.7 Å². The van der Waals surface area contributed by atoms with Crippen LogP contribution < -0.4 is 5.32 Å². The molecule has 1 amide bonds. The van der Waals surface area contributed by atoms with Crippen LogP contribution in [0.1, 0.15) is 89.8 Å². The highest BCUT2D eigenvalue weighted by Gasteiger charge is 2.48. The summed E-state index contributed by atoms with van der Waals surface area (Å²) in [5, 5.41) is 7.05. The molecule has 1 N–H and O–H groups in total. The fourth-order valence-corrected chi connectivity index (χ4v) is 3.82. The zero-order valence-electron chi connectivity index (χ0n) is 18.3. The largest absolute Gasteiger partial charge is 0.392 e. The van der Waals surface area contributed by atoms with Gasteiger partial charge < -0.3 is 5.32 Å². The molecule has 0 spiro atoms. The highest BCUT2D eigenvalue weighted by molar-refractivity contribution is 5.91. The first kappa shape index (κ1) is 24.6. The van der Waals surface area contributed by atoms with Crippen molar-refractivity contribution in [3.8, 4) is 0 Å². The number of halogens is 5. The Labute approximate surface area is 174 Å². The van der Waals surface area contributed by atoms with Crippen LogP contribution in [0.25, 0.3) is 0 Å². The van der Waals surface area contributed by atoms with Gasteiger partial charge in [0.2, 0.25) is 11.8 Å². The zero-order chi connectivity index (χ0) is 22.9. The summed E-state index contributed by atoms with van der Waals surface area (Å²) < 4.78 is 68.3. The number of nitrogens with one attached hydrogen (secondary N) is 1. The lowest BCUT2D eigenvalue weighted by atomic mass is 9.78. The highest BCUT2D eigenvalue weighted by atomic mass is 19.4. The van der Waals surface area contributed by atoms with Crippen molar-refractivity contribution in [2.24, 2.45) is 5.92 Å². The highest BCUT2D eigenvalue weighted by Crippen LogP contribution is 2.49. The van der Waals surface area contributed by atoms with Crippen LogP contribution in [-0.4, -0.2) is 27.8 Å². The lowest BCUT2D eigenvalue weighted by Crippen LogP contribution is -2.34. The molecule has 1 atom stereocenters. The first-order valence-corrected chi connectivity index (χ1v) is 10.5. The van der Waals surface area contributed by atoms with Crippen molar-refractivity contribution in [1.29, 1.82) is 0 Å². The number of anilines is 1. The quantitative estimate of drug-likeness (QED) is 0.370. The van der Waals surface area contributed by atoms with Gasteiger partial charge >= 0.3 is 6.18 Å². The number of aromatic nitrogens is 2. The van der Waals surface area contributed by atoms with E-state index in [1.165, 1.54) is 4.68 Å². The van der Waals surface area contributed by atoms with Gasteiger partial charge in [0.05, 0.1) is 17.2 Å². The molecule has 1 heterocycles. The number of nitrogens with zero attached hydrogens (tertiary/aromatic N) is 2. The maximum atomic E-state index is 13.4. The second-order valence-electron chi connectivity index (χ2n) is 9.39. The van der Waals surface area contributed by atoms with Crippen LogP contribution in [0.3, 0.4) is 0 Å². The van der Waals surface area contributed by atoms with Crippen molar-refractivity contribution in [3.63, 3.8) is 0 Å². The standard InChI is InChI=1S/C21H32F5N3O/c1-6-7-8-9-15(21(24,25)26)10-16(30)27-18-13(2)17(14-11-20(22,23)12-14)28-29(18)19(3,4)5/h14-15H,6-12H2,1-5H3,(H,27,30). The van der Waals surface area contributed by atoms with Gasteiger partial charge in [-0.2, -0.15) is 18.3 Å². The van der Waals surface area contributed by atoms with E-state index in [2.05, 4.69) is 10.4 Å². The predicted molar refractivity (Wildman–Crippen MR) is 106 cm³/mol. The van der Waals surface area contributed by atoms with Crippen LogP contribution in [0.5, 0.6) is 0 Å². The summed E-state index contributed by atoms with van der Waals surface area (Å²) in [6, 6.07) is 0. The van der Waals surface area contributed by atoms with E-state index in [0.717, 1.165) is 6.42 Å². The maximum absolute atomic E-state index is 13.4. The Kier molecular flexibility index (Phi) is 7.24. The molecule has 1 aliphatic rings. The molecule has 1 aromatic rings. The third-order valence-corrected chi connectivity index (χ3v) is 5.58. The van der Waals surface area contributed by atoms with Gasteiger partial charge in [-0.1, -0.05) is 26.2 Å². The van der Waals surface area contributed by atoms with E-state index in [-0.39, 0.29) is 25.1 Å². The normalized spacial score (nSPS) is 18.2. The molecule has 0 aromatic carbocycles. The second-order valence-corrected chi connectivity index (χ2v) is 9.39. The van der Waals surface area contributed by atoms with E-state index < -0.39 is 41.8 Å². The van der Waals surface area contributed by atoms with Crippen LogP contribution in [0.15, 0.2) is 0 Å². The van der Waals surface area contributed by atoms with Crippen LogP contribution in [-0.2, 0) is 10.3 Å². The summed E-state index contributed by atoms with van der Waals surface area (Å²) in [7, 11) is 0.